The number of imide groups is 1. The Balaban J connectivity index is 0.000000470. The van der Waals surface area contributed by atoms with Gasteiger partial charge in [-0.3, -0.25) is 19.3 Å². The zero-order chi connectivity index (χ0) is 43.3. The minimum Gasteiger partial charge on any atom is -0.453 e. The molecule has 6 amide bonds. The Morgan fingerprint density at radius 3 is 1.79 bits per heavy atom. The average Bonchev–Trinajstić information content (AvgIpc) is 3.54. The molecule has 322 valence electrons. The summed E-state index contributed by atoms with van der Waals surface area (Å²) in [6.45, 7) is 9.19. The maximum absolute atomic E-state index is 12.1. The molecule has 1 aliphatic rings. The van der Waals surface area contributed by atoms with Crippen molar-refractivity contribution >= 4 is 41.7 Å². The molecule has 0 spiro atoms. The van der Waals surface area contributed by atoms with Crippen molar-refractivity contribution in [1.29, 1.82) is 0 Å². The van der Waals surface area contributed by atoms with Crippen LogP contribution in [-0.4, -0.2) is 161 Å². The van der Waals surface area contributed by atoms with Crippen LogP contribution in [-0.2, 0) is 51.3 Å². The molecule has 0 saturated heterocycles. The van der Waals surface area contributed by atoms with E-state index in [2.05, 4.69) is 10.6 Å². The fourth-order valence-corrected chi connectivity index (χ4v) is 4.53. The molecule has 0 radical (unpaired) electrons. The van der Waals surface area contributed by atoms with Gasteiger partial charge in [-0.25, -0.2) is 14.4 Å². The van der Waals surface area contributed by atoms with Gasteiger partial charge in [0.2, 0.25) is 5.91 Å². The number of methoxy groups -OCH3 is 1. The smallest absolute Gasteiger partial charge is 0.409 e. The number of likely N-dealkylation sites (N-methyl/N-ethyl adjacent to an activating group) is 2. The van der Waals surface area contributed by atoms with Crippen molar-refractivity contribution in [2.45, 2.75) is 34.0 Å². The number of hydrogen-bond acceptors (Lipinski definition) is 13. The molecule has 0 fully saturated rings. The summed E-state index contributed by atoms with van der Waals surface area (Å²) in [5.41, 5.74) is 3.98. The molecule has 0 aromatic heterocycles. The van der Waals surface area contributed by atoms with Crippen LogP contribution in [0.1, 0.15) is 30.5 Å². The van der Waals surface area contributed by atoms with Crippen LogP contribution in [0, 0.1) is 6.92 Å². The number of aliphatic hydroxyl groups excluding tert-OH is 1. The second kappa shape index (κ2) is 29.5. The zero-order valence-corrected chi connectivity index (χ0v) is 34.7. The van der Waals surface area contributed by atoms with E-state index < -0.39 is 18.3 Å². The van der Waals surface area contributed by atoms with E-state index in [9.17, 15) is 28.8 Å². The molecule has 3 N–H and O–H groups in total. The number of aryl methyl sites for hydroxylation is 1. The van der Waals surface area contributed by atoms with Crippen LogP contribution in [0.25, 0.3) is 0 Å². The van der Waals surface area contributed by atoms with Crippen molar-refractivity contribution in [3.63, 3.8) is 0 Å². The number of carbonyl (C=O) groups is 6. The summed E-state index contributed by atoms with van der Waals surface area (Å²) in [6.07, 6.45) is 1.16. The largest absolute Gasteiger partial charge is 0.453 e. The maximum Gasteiger partial charge on any atom is 0.409 e. The van der Waals surface area contributed by atoms with Gasteiger partial charge in [0, 0.05) is 85.2 Å². The molecule has 2 aromatic carbocycles. The molecule has 1 aliphatic heterocycles. The first-order valence-corrected chi connectivity index (χ1v) is 18.7. The zero-order valence-electron chi connectivity index (χ0n) is 34.7. The third-order valence-corrected chi connectivity index (χ3v) is 7.98. The monoisotopic (exact) mass is 816 g/mol. The number of nitrogens with zero attached hydrogens (tertiary/aromatic N) is 4. The number of aliphatic hydroxyl groups is 1. The predicted molar refractivity (Wildman–Crippen MR) is 216 cm³/mol. The maximum atomic E-state index is 12.1. The molecule has 0 bridgehead atoms. The third kappa shape index (κ3) is 21.5. The molecule has 2 aromatic rings. The number of carbonyl (C=O) groups excluding carboxylic acids is 6. The second-order valence-corrected chi connectivity index (χ2v) is 12.5. The van der Waals surface area contributed by atoms with Crippen LogP contribution in [0.15, 0.2) is 60.7 Å². The number of ether oxygens (including phenoxy) is 5. The standard InChI is InChI=1S/C18H29N3O6.C14H20N2O3.C8H11NO3/c1-19-16-6-4-15(5-7-16)14-27-17(23)20(2)8-9-21(18(24)25-3)10-12-26-13-11-22;1-11-4-6-13(7-5-11)10-19-14(18)16(3)9-8-15-12(2)17;1-2-12-6-5-9-7(10)3-4-8(9)11/h4-7,19,22H,8-14H2,1-3H3;4-7H,8-10H2,1-3H3,(H,15,17);3-4H,2,5-6H2,1H3. The number of benzene rings is 2. The molecule has 1 heterocycles. The van der Waals surface area contributed by atoms with E-state index in [-0.39, 0.29) is 63.8 Å². The summed E-state index contributed by atoms with van der Waals surface area (Å²) < 4.78 is 25.3. The lowest BCUT2D eigenvalue weighted by Gasteiger charge is -2.24. The van der Waals surface area contributed by atoms with Gasteiger partial charge in [-0.05, 0) is 37.1 Å². The molecule has 3 rings (SSSR count). The summed E-state index contributed by atoms with van der Waals surface area (Å²) >= 11 is 0. The van der Waals surface area contributed by atoms with Gasteiger partial charge in [-0.2, -0.15) is 0 Å². The quantitative estimate of drug-likeness (QED) is 0.100. The van der Waals surface area contributed by atoms with Crippen molar-refractivity contribution < 1.29 is 57.6 Å². The van der Waals surface area contributed by atoms with Gasteiger partial charge < -0.3 is 54.1 Å². The van der Waals surface area contributed by atoms with Crippen LogP contribution in [0.5, 0.6) is 0 Å². The molecular weight excluding hydrogens is 756 g/mol. The van der Waals surface area contributed by atoms with E-state index in [0.717, 1.165) is 21.7 Å². The minimum absolute atomic E-state index is 0.0789. The van der Waals surface area contributed by atoms with Crippen molar-refractivity contribution in [3.8, 4) is 0 Å². The first-order chi connectivity index (χ1) is 27.8. The van der Waals surface area contributed by atoms with Gasteiger partial charge in [-0.1, -0.05) is 42.0 Å². The molecule has 18 nitrogen and oxygen atoms in total. The van der Waals surface area contributed by atoms with Crippen LogP contribution in [0.2, 0.25) is 0 Å². The van der Waals surface area contributed by atoms with Crippen molar-refractivity contribution in [2.24, 2.45) is 0 Å². The Kier molecular flexibility index (Phi) is 25.6. The van der Waals surface area contributed by atoms with Crippen molar-refractivity contribution in [1.82, 2.24) is 24.9 Å². The highest BCUT2D eigenvalue weighted by molar-refractivity contribution is 6.12. The van der Waals surface area contributed by atoms with E-state index in [1.807, 2.05) is 69.4 Å². The van der Waals surface area contributed by atoms with Gasteiger partial charge in [0.25, 0.3) is 11.8 Å². The number of nitrogens with one attached hydrogen (secondary N) is 2. The van der Waals surface area contributed by atoms with Gasteiger partial charge in [0.1, 0.15) is 13.2 Å². The topological polar surface area (TPSA) is 206 Å². The summed E-state index contributed by atoms with van der Waals surface area (Å²) in [6, 6.07) is 15.4. The Morgan fingerprint density at radius 2 is 1.29 bits per heavy atom. The summed E-state index contributed by atoms with van der Waals surface area (Å²) in [4.78, 5) is 73.5. The Morgan fingerprint density at radius 1 is 0.741 bits per heavy atom. The van der Waals surface area contributed by atoms with Gasteiger partial charge >= 0.3 is 18.3 Å². The summed E-state index contributed by atoms with van der Waals surface area (Å²) in [5.74, 6) is -0.610. The Labute approximate surface area is 340 Å². The third-order valence-electron chi connectivity index (χ3n) is 7.98. The Bertz CT molecular complexity index is 1550. The van der Waals surface area contributed by atoms with Gasteiger partial charge in [-0.15, -0.1) is 0 Å². The van der Waals surface area contributed by atoms with E-state index in [0.29, 0.717) is 39.4 Å². The molecule has 18 heteroatoms. The lowest BCUT2D eigenvalue weighted by molar-refractivity contribution is -0.137. The fraction of sp³-hybridized carbons (Fsp3) is 0.500. The van der Waals surface area contributed by atoms with E-state index in [1.165, 1.54) is 46.4 Å². The van der Waals surface area contributed by atoms with Crippen LogP contribution >= 0.6 is 0 Å². The lowest BCUT2D eigenvalue weighted by Crippen LogP contribution is -2.41. The van der Waals surface area contributed by atoms with Gasteiger partial charge in [0.15, 0.2) is 0 Å². The van der Waals surface area contributed by atoms with Gasteiger partial charge in [0.05, 0.1) is 40.1 Å². The normalized spacial score (nSPS) is 11.3. The molecular formula is C40H60N6O12. The van der Waals surface area contributed by atoms with E-state index in [1.54, 1.807) is 14.1 Å². The number of hydrogen-bond donors (Lipinski definition) is 3. The molecule has 0 aliphatic carbocycles. The Hall–Kier alpha value is -5.72. The number of anilines is 1. The predicted octanol–water partition coefficient (Wildman–Crippen LogP) is 3.02. The highest BCUT2D eigenvalue weighted by Crippen LogP contribution is 2.10. The molecule has 0 unspecified atom stereocenters. The van der Waals surface area contributed by atoms with Crippen LogP contribution in [0.3, 0.4) is 0 Å². The van der Waals surface area contributed by atoms with Crippen LogP contribution < -0.4 is 10.6 Å². The number of rotatable bonds is 20. The van der Waals surface area contributed by atoms with E-state index >= 15 is 0 Å². The molecule has 58 heavy (non-hydrogen) atoms. The lowest BCUT2D eigenvalue weighted by atomic mass is 10.2. The van der Waals surface area contributed by atoms with Crippen molar-refractivity contribution in [2.75, 3.05) is 106 Å². The highest BCUT2D eigenvalue weighted by atomic mass is 16.6. The second-order valence-electron chi connectivity index (χ2n) is 12.5. The first-order valence-electron chi connectivity index (χ1n) is 18.7. The summed E-state index contributed by atoms with van der Waals surface area (Å²) in [5, 5.41) is 14.3. The minimum atomic E-state index is -0.506. The van der Waals surface area contributed by atoms with E-state index in [4.69, 9.17) is 28.8 Å². The molecule has 0 saturated carbocycles. The van der Waals surface area contributed by atoms with Crippen molar-refractivity contribution in [3.05, 3.63) is 77.4 Å². The summed E-state index contributed by atoms with van der Waals surface area (Å²) in [7, 11) is 6.37. The fourth-order valence-electron chi connectivity index (χ4n) is 4.53. The average molecular weight is 817 g/mol. The molecule has 0 atom stereocenters. The highest BCUT2D eigenvalue weighted by Gasteiger charge is 2.22. The number of amides is 6. The first kappa shape index (κ1) is 50.3. The SMILES string of the molecule is CC(=O)NCCN(C)C(=O)OCc1ccc(C)cc1.CCOCCN1C(=O)C=CC1=O.CNc1ccc(COC(=O)N(C)CCN(CCOCCO)C(=O)OC)cc1. The van der Waals surface area contributed by atoms with Crippen LogP contribution in [0.4, 0.5) is 20.1 Å².